The molecule has 0 amide bonds. The minimum atomic E-state index is -1.59. The maximum Gasteiger partial charge on any atom is 0.194 e. The number of nitrogens with zero attached hydrogens (tertiary/aromatic N) is 3. The lowest BCUT2D eigenvalue weighted by molar-refractivity contribution is -0.178. The van der Waals surface area contributed by atoms with Gasteiger partial charge in [-0.15, -0.1) is 0 Å². The standard InChI is InChI=1S/C20H17ClF3N3O4S/c21-11-3-12(6-25-5-11)32-20-19(30)17(18(29)15(8-28)31-20)27-7-10(4-26-27)9-1-13(22)16(24)14(23)2-9/h1-7,15,17-20,28-30H,8H2/t15?,17-,18-,19?,20+/m0/s1. The van der Waals surface area contributed by atoms with Crippen LogP contribution in [0.2, 0.25) is 5.02 Å². The van der Waals surface area contributed by atoms with Crippen LogP contribution >= 0.6 is 23.4 Å². The number of pyridine rings is 1. The van der Waals surface area contributed by atoms with E-state index in [1.54, 1.807) is 6.07 Å². The van der Waals surface area contributed by atoms with Crippen molar-refractivity contribution in [1.29, 1.82) is 0 Å². The Balaban J connectivity index is 1.64. The van der Waals surface area contributed by atoms with E-state index in [9.17, 15) is 28.5 Å². The monoisotopic (exact) mass is 487 g/mol. The average molecular weight is 488 g/mol. The Hall–Kier alpha value is -2.15. The molecule has 1 fully saturated rings. The van der Waals surface area contributed by atoms with Crippen molar-refractivity contribution in [2.45, 2.75) is 34.7 Å². The summed E-state index contributed by atoms with van der Waals surface area (Å²) < 4.78 is 47.4. The number of aliphatic hydroxyl groups is 3. The first-order valence-electron chi connectivity index (χ1n) is 9.37. The summed E-state index contributed by atoms with van der Waals surface area (Å²) in [6, 6.07) is 2.19. The van der Waals surface area contributed by atoms with Crippen LogP contribution in [0.25, 0.3) is 11.1 Å². The lowest BCUT2D eigenvalue weighted by Gasteiger charge is -2.42. The molecule has 1 aliphatic rings. The average Bonchev–Trinajstić information content (AvgIpc) is 3.23. The van der Waals surface area contributed by atoms with E-state index in [4.69, 9.17) is 16.3 Å². The van der Waals surface area contributed by atoms with Crippen LogP contribution in [0.3, 0.4) is 0 Å². The highest BCUT2D eigenvalue weighted by atomic mass is 35.5. The molecule has 7 nitrogen and oxygen atoms in total. The molecule has 0 saturated carbocycles. The van der Waals surface area contributed by atoms with Crippen LogP contribution in [0, 0.1) is 17.5 Å². The lowest BCUT2D eigenvalue weighted by atomic mass is 9.97. The van der Waals surface area contributed by atoms with E-state index in [0.717, 1.165) is 23.9 Å². The number of hydrogen-bond donors (Lipinski definition) is 3. The molecule has 3 aromatic rings. The van der Waals surface area contributed by atoms with Crippen molar-refractivity contribution >= 4 is 23.4 Å². The van der Waals surface area contributed by atoms with Crippen LogP contribution in [0.1, 0.15) is 6.04 Å². The van der Waals surface area contributed by atoms with Gasteiger partial charge in [-0.2, -0.15) is 5.10 Å². The van der Waals surface area contributed by atoms with E-state index in [1.165, 1.54) is 29.5 Å². The quantitative estimate of drug-likeness (QED) is 0.476. The van der Waals surface area contributed by atoms with Gasteiger partial charge in [0.25, 0.3) is 0 Å². The van der Waals surface area contributed by atoms with Crippen LogP contribution in [-0.4, -0.2) is 60.4 Å². The summed E-state index contributed by atoms with van der Waals surface area (Å²) >= 11 is 7.04. The fraction of sp³-hybridized carbons (Fsp3) is 0.300. The highest BCUT2D eigenvalue weighted by molar-refractivity contribution is 7.99. The second-order valence-electron chi connectivity index (χ2n) is 7.12. The van der Waals surface area contributed by atoms with E-state index in [-0.39, 0.29) is 11.1 Å². The molecule has 3 N–H and O–H groups in total. The molecule has 4 rings (SSSR count). The van der Waals surface area contributed by atoms with E-state index in [2.05, 4.69) is 10.1 Å². The molecule has 2 unspecified atom stereocenters. The number of aliphatic hydroxyl groups excluding tert-OH is 3. The van der Waals surface area contributed by atoms with Gasteiger partial charge in [0.2, 0.25) is 0 Å². The molecule has 5 atom stereocenters. The van der Waals surface area contributed by atoms with Crippen LogP contribution in [0.4, 0.5) is 13.2 Å². The van der Waals surface area contributed by atoms with Crippen LogP contribution < -0.4 is 0 Å². The van der Waals surface area contributed by atoms with Crippen LogP contribution in [0.15, 0.2) is 47.9 Å². The number of rotatable bonds is 5. The van der Waals surface area contributed by atoms with Gasteiger partial charge in [-0.25, -0.2) is 13.2 Å². The van der Waals surface area contributed by atoms with Crippen molar-refractivity contribution in [3.8, 4) is 11.1 Å². The van der Waals surface area contributed by atoms with Gasteiger partial charge in [-0.05, 0) is 23.8 Å². The van der Waals surface area contributed by atoms with Crippen molar-refractivity contribution < 1.29 is 33.2 Å². The summed E-state index contributed by atoms with van der Waals surface area (Å²) in [6.07, 6.45) is 1.89. The highest BCUT2D eigenvalue weighted by Gasteiger charge is 2.46. The molecule has 3 heterocycles. The summed E-state index contributed by atoms with van der Waals surface area (Å²) in [7, 11) is 0. The molecule has 0 bridgehead atoms. The first-order valence-corrected chi connectivity index (χ1v) is 10.6. The predicted molar refractivity (Wildman–Crippen MR) is 109 cm³/mol. The molecular formula is C20H17ClF3N3O4S. The third-order valence-electron chi connectivity index (χ3n) is 5.00. The Morgan fingerprint density at radius 1 is 1.03 bits per heavy atom. The minimum Gasteiger partial charge on any atom is -0.394 e. The van der Waals surface area contributed by atoms with Crippen molar-refractivity contribution in [3.63, 3.8) is 0 Å². The number of aromatic nitrogens is 3. The van der Waals surface area contributed by atoms with Gasteiger partial charge in [0.1, 0.15) is 29.8 Å². The predicted octanol–water partition coefficient (Wildman–Crippen LogP) is 2.79. The third-order valence-corrected chi connectivity index (χ3v) is 6.33. The second-order valence-corrected chi connectivity index (χ2v) is 8.73. The Morgan fingerprint density at radius 2 is 1.75 bits per heavy atom. The maximum atomic E-state index is 13.6. The minimum absolute atomic E-state index is 0.0262. The van der Waals surface area contributed by atoms with Gasteiger partial charge >= 0.3 is 0 Å². The zero-order valence-corrected chi connectivity index (χ0v) is 17.7. The number of hydrogen-bond acceptors (Lipinski definition) is 7. The SMILES string of the molecule is OCC1O[C@H](Sc2cncc(Cl)c2)C(O)[C@@H](n2cc(-c3cc(F)c(F)c(F)c3)cn2)[C@H]1O. The van der Waals surface area contributed by atoms with Gasteiger partial charge in [-0.1, -0.05) is 23.4 Å². The summed E-state index contributed by atoms with van der Waals surface area (Å²) in [5.74, 6) is -4.30. The maximum absolute atomic E-state index is 13.6. The van der Waals surface area contributed by atoms with Gasteiger partial charge in [-0.3, -0.25) is 9.67 Å². The molecule has 0 aliphatic carbocycles. The van der Waals surface area contributed by atoms with Crippen LogP contribution in [0.5, 0.6) is 0 Å². The topological polar surface area (TPSA) is 101 Å². The van der Waals surface area contributed by atoms with E-state index >= 15 is 0 Å². The fourth-order valence-corrected chi connectivity index (χ4v) is 4.76. The second kappa shape index (κ2) is 9.38. The van der Waals surface area contributed by atoms with Gasteiger partial charge in [0.15, 0.2) is 17.5 Å². The van der Waals surface area contributed by atoms with Crippen molar-refractivity contribution in [1.82, 2.24) is 14.8 Å². The summed E-state index contributed by atoms with van der Waals surface area (Å²) in [5.41, 5.74) is -0.662. The number of halogens is 4. The summed E-state index contributed by atoms with van der Waals surface area (Å²) in [4.78, 5) is 4.56. The van der Waals surface area contributed by atoms with E-state index < -0.39 is 53.8 Å². The Labute approximate surface area is 189 Å². The van der Waals surface area contributed by atoms with Crippen molar-refractivity contribution in [2.75, 3.05) is 6.61 Å². The Bertz CT molecular complexity index is 1100. The molecular weight excluding hydrogens is 471 g/mol. The molecule has 2 aromatic heterocycles. The molecule has 170 valence electrons. The molecule has 32 heavy (non-hydrogen) atoms. The lowest BCUT2D eigenvalue weighted by Crippen LogP contribution is -2.54. The molecule has 1 saturated heterocycles. The number of thioether (sulfide) groups is 1. The molecule has 0 radical (unpaired) electrons. The third kappa shape index (κ3) is 4.49. The summed E-state index contributed by atoms with van der Waals surface area (Å²) in [6.45, 7) is -0.530. The van der Waals surface area contributed by atoms with Crippen molar-refractivity contribution in [3.05, 3.63) is 65.5 Å². The number of ether oxygens (including phenoxy) is 1. The van der Waals surface area contributed by atoms with Gasteiger partial charge in [0, 0.05) is 29.0 Å². The Kier molecular flexibility index (Phi) is 6.75. The fourth-order valence-electron chi connectivity index (χ4n) is 3.44. The van der Waals surface area contributed by atoms with Crippen molar-refractivity contribution in [2.24, 2.45) is 0 Å². The van der Waals surface area contributed by atoms with E-state index in [1.807, 2.05) is 0 Å². The summed E-state index contributed by atoms with van der Waals surface area (Å²) in [5, 5.41) is 35.7. The number of benzene rings is 1. The van der Waals surface area contributed by atoms with Gasteiger partial charge < -0.3 is 20.1 Å². The van der Waals surface area contributed by atoms with Crippen LogP contribution in [-0.2, 0) is 4.74 Å². The first kappa shape index (κ1) is 23.0. The molecule has 1 aromatic carbocycles. The zero-order valence-electron chi connectivity index (χ0n) is 16.1. The Morgan fingerprint density at radius 3 is 2.41 bits per heavy atom. The molecule has 12 heteroatoms. The largest absolute Gasteiger partial charge is 0.394 e. The normalized spacial score (nSPS) is 25.8. The highest BCUT2D eigenvalue weighted by Crippen LogP contribution is 2.38. The molecule has 1 aliphatic heterocycles. The van der Waals surface area contributed by atoms with E-state index in [0.29, 0.717) is 9.92 Å². The zero-order chi connectivity index (χ0) is 23.0. The van der Waals surface area contributed by atoms with Gasteiger partial charge in [0.05, 0.1) is 17.8 Å². The first-order chi connectivity index (χ1) is 15.3. The molecule has 0 spiro atoms. The smallest absolute Gasteiger partial charge is 0.194 e.